The maximum Gasteiger partial charge on any atom is 0.0346 e. The third-order valence-corrected chi connectivity index (χ3v) is 5.51. The van der Waals surface area contributed by atoms with E-state index in [0.717, 1.165) is 12.6 Å². The van der Waals surface area contributed by atoms with Crippen LogP contribution < -0.4 is 5.32 Å². The molecule has 1 aliphatic heterocycles. The van der Waals surface area contributed by atoms with E-state index in [1.165, 1.54) is 33.2 Å². The van der Waals surface area contributed by atoms with Crippen molar-refractivity contribution in [3.05, 3.63) is 47.3 Å². The third kappa shape index (κ3) is 2.97. The van der Waals surface area contributed by atoms with Crippen molar-refractivity contribution in [2.75, 3.05) is 11.5 Å². The van der Waals surface area contributed by atoms with E-state index in [4.69, 9.17) is 0 Å². The van der Waals surface area contributed by atoms with Gasteiger partial charge < -0.3 is 5.32 Å². The van der Waals surface area contributed by atoms with Crippen molar-refractivity contribution >= 4 is 23.1 Å². The van der Waals surface area contributed by atoms with Gasteiger partial charge in [-0.25, -0.2) is 0 Å². The third-order valence-electron chi connectivity index (χ3n) is 3.21. The summed E-state index contributed by atoms with van der Waals surface area (Å²) in [4.78, 5) is 2.80. The Bertz CT molecular complexity index is 486. The minimum atomic E-state index is 0.720. The van der Waals surface area contributed by atoms with Gasteiger partial charge in [-0.15, -0.1) is 11.3 Å². The van der Waals surface area contributed by atoms with Gasteiger partial charge in [0.15, 0.2) is 0 Å². The fraction of sp³-hybridized carbons (Fsp3) is 0.333. The summed E-state index contributed by atoms with van der Waals surface area (Å²) in [5.74, 6) is 2.59. The molecule has 1 atom stereocenters. The average molecular weight is 275 g/mol. The number of hydrogen-bond donors (Lipinski definition) is 1. The molecule has 2 heterocycles. The zero-order valence-electron chi connectivity index (χ0n) is 10.3. The number of thiophene rings is 1. The van der Waals surface area contributed by atoms with Crippen molar-refractivity contribution in [2.24, 2.45) is 0 Å². The summed E-state index contributed by atoms with van der Waals surface area (Å²) in [6.07, 6.45) is 1.32. The van der Waals surface area contributed by atoms with Crippen LogP contribution in [0.5, 0.6) is 0 Å². The first-order chi connectivity index (χ1) is 8.92. The van der Waals surface area contributed by atoms with Crippen LogP contribution in [0.3, 0.4) is 0 Å². The molecule has 2 aromatic rings. The minimum Gasteiger partial charge on any atom is -0.308 e. The largest absolute Gasteiger partial charge is 0.308 e. The zero-order chi connectivity index (χ0) is 12.2. The molecular formula is C15H17NS2. The van der Waals surface area contributed by atoms with Crippen molar-refractivity contribution in [1.29, 1.82) is 0 Å². The Hall–Kier alpha value is -0.770. The SMILES string of the molecule is c1ccc(-c2ccc(CNC3CCSC3)s2)cc1. The molecule has 1 unspecified atom stereocenters. The van der Waals surface area contributed by atoms with Crippen molar-refractivity contribution in [3.63, 3.8) is 0 Å². The number of hydrogen-bond acceptors (Lipinski definition) is 3. The molecule has 0 spiro atoms. The highest BCUT2D eigenvalue weighted by Gasteiger charge is 2.14. The van der Waals surface area contributed by atoms with Crippen molar-refractivity contribution in [2.45, 2.75) is 19.0 Å². The summed E-state index contributed by atoms with van der Waals surface area (Å²) in [6.45, 7) is 1.02. The highest BCUT2D eigenvalue weighted by Crippen LogP contribution is 2.28. The molecule has 1 aliphatic rings. The summed E-state index contributed by atoms with van der Waals surface area (Å²) >= 11 is 3.96. The molecule has 3 rings (SSSR count). The van der Waals surface area contributed by atoms with Gasteiger partial charge in [0.2, 0.25) is 0 Å². The first-order valence-corrected chi connectivity index (χ1v) is 8.34. The van der Waals surface area contributed by atoms with Gasteiger partial charge in [-0.1, -0.05) is 30.3 Å². The average Bonchev–Trinajstić information content (AvgIpc) is 3.09. The molecule has 0 bridgehead atoms. The first kappa shape index (κ1) is 12.3. The topological polar surface area (TPSA) is 12.0 Å². The van der Waals surface area contributed by atoms with Gasteiger partial charge in [-0.3, -0.25) is 0 Å². The molecule has 0 aliphatic carbocycles. The molecule has 0 amide bonds. The molecule has 3 heteroatoms. The highest BCUT2D eigenvalue weighted by atomic mass is 32.2. The van der Waals surface area contributed by atoms with E-state index in [1.54, 1.807) is 0 Å². The lowest BCUT2D eigenvalue weighted by atomic mass is 10.2. The minimum absolute atomic E-state index is 0.720. The van der Waals surface area contributed by atoms with Crippen LogP contribution in [0.1, 0.15) is 11.3 Å². The lowest BCUT2D eigenvalue weighted by Gasteiger charge is -2.09. The Kier molecular flexibility index (Phi) is 4.03. The molecule has 1 aromatic carbocycles. The second-order valence-corrected chi connectivity index (χ2v) is 6.89. The van der Waals surface area contributed by atoms with Gasteiger partial charge in [0.05, 0.1) is 0 Å². The molecule has 1 aromatic heterocycles. The van der Waals surface area contributed by atoms with Gasteiger partial charge in [-0.05, 0) is 29.9 Å². The molecular weight excluding hydrogens is 258 g/mol. The molecule has 0 saturated carbocycles. The second kappa shape index (κ2) is 5.91. The lowest BCUT2D eigenvalue weighted by Crippen LogP contribution is -2.27. The lowest BCUT2D eigenvalue weighted by molar-refractivity contribution is 0.561. The monoisotopic (exact) mass is 275 g/mol. The fourth-order valence-electron chi connectivity index (χ4n) is 2.17. The van der Waals surface area contributed by atoms with Gasteiger partial charge in [0.25, 0.3) is 0 Å². The van der Waals surface area contributed by atoms with Crippen LogP contribution in [0, 0.1) is 0 Å². The van der Waals surface area contributed by atoms with Gasteiger partial charge in [-0.2, -0.15) is 11.8 Å². The zero-order valence-corrected chi connectivity index (χ0v) is 11.9. The van der Waals surface area contributed by atoms with Crippen molar-refractivity contribution in [3.8, 4) is 10.4 Å². The predicted octanol–water partition coefficient (Wildman–Crippen LogP) is 4.01. The van der Waals surface area contributed by atoms with E-state index >= 15 is 0 Å². The Balaban J connectivity index is 1.63. The molecule has 94 valence electrons. The van der Waals surface area contributed by atoms with Crippen molar-refractivity contribution < 1.29 is 0 Å². The maximum absolute atomic E-state index is 3.65. The summed E-state index contributed by atoms with van der Waals surface area (Å²) in [6, 6.07) is 15.8. The molecule has 1 N–H and O–H groups in total. The Labute approximate surface area is 117 Å². The van der Waals surface area contributed by atoms with Crippen LogP contribution in [-0.2, 0) is 6.54 Å². The van der Waals surface area contributed by atoms with Crippen LogP contribution in [0.25, 0.3) is 10.4 Å². The van der Waals surface area contributed by atoms with Crippen LogP contribution >= 0.6 is 23.1 Å². The molecule has 18 heavy (non-hydrogen) atoms. The summed E-state index contributed by atoms with van der Waals surface area (Å²) < 4.78 is 0. The maximum atomic E-state index is 3.65. The van der Waals surface area contributed by atoms with E-state index in [0.29, 0.717) is 0 Å². The van der Waals surface area contributed by atoms with Gasteiger partial charge in [0, 0.05) is 28.1 Å². The first-order valence-electron chi connectivity index (χ1n) is 6.37. The fourth-order valence-corrected chi connectivity index (χ4v) is 4.32. The van der Waals surface area contributed by atoms with E-state index in [1.807, 2.05) is 11.3 Å². The van der Waals surface area contributed by atoms with Crippen molar-refractivity contribution in [1.82, 2.24) is 5.32 Å². The summed E-state index contributed by atoms with van der Waals surface area (Å²) in [7, 11) is 0. The predicted molar refractivity (Wildman–Crippen MR) is 82.3 cm³/mol. The Morgan fingerprint density at radius 1 is 1.11 bits per heavy atom. The molecule has 1 fully saturated rings. The highest BCUT2D eigenvalue weighted by molar-refractivity contribution is 7.99. The second-order valence-electron chi connectivity index (χ2n) is 4.57. The van der Waals surface area contributed by atoms with E-state index in [-0.39, 0.29) is 0 Å². The standard InChI is InChI=1S/C15H17NS2/c1-2-4-12(5-3-1)15-7-6-14(18-15)10-16-13-8-9-17-11-13/h1-7,13,16H,8-11H2. The molecule has 0 radical (unpaired) electrons. The number of rotatable bonds is 4. The van der Waals surface area contributed by atoms with Crippen LogP contribution in [0.15, 0.2) is 42.5 Å². The molecule has 1 nitrogen and oxygen atoms in total. The Morgan fingerprint density at radius 2 is 2.00 bits per heavy atom. The van der Waals surface area contributed by atoms with E-state index in [2.05, 4.69) is 59.5 Å². The van der Waals surface area contributed by atoms with Crippen LogP contribution in [0.2, 0.25) is 0 Å². The smallest absolute Gasteiger partial charge is 0.0346 e. The van der Waals surface area contributed by atoms with Gasteiger partial charge >= 0.3 is 0 Å². The number of thioether (sulfide) groups is 1. The quantitative estimate of drug-likeness (QED) is 0.905. The van der Waals surface area contributed by atoms with Gasteiger partial charge in [0.1, 0.15) is 0 Å². The van der Waals surface area contributed by atoms with E-state index < -0.39 is 0 Å². The number of benzene rings is 1. The van der Waals surface area contributed by atoms with E-state index in [9.17, 15) is 0 Å². The molecule has 1 saturated heterocycles. The summed E-state index contributed by atoms with van der Waals surface area (Å²) in [5.41, 5.74) is 1.32. The van der Waals surface area contributed by atoms with Crippen LogP contribution in [-0.4, -0.2) is 17.5 Å². The van der Waals surface area contributed by atoms with Crippen LogP contribution in [0.4, 0.5) is 0 Å². The number of nitrogens with one attached hydrogen (secondary N) is 1. The normalized spacial score (nSPS) is 19.2. The Morgan fingerprint density at radius 3 is 2.78 bits per heavy atom. The summed E-state index contributed by atoms with van der Waals surface area (Å²) in [5, 5.41) is 3.65.